The highest BCUT2D eigenvalue weighted by Gasteiger charge is 2.22. The Morgan fingerprint density at radius 1 is 1.69 bits per heavy atom. The quantitative estimate of drug-likeness (QED) is 0.749. The molecule has 1 aromatic heterocycles. The Bertz CT molecular complexity index is 341. The van der Waals surface area contributed by atoms with Gasteiger partial charge in [0.15, 0.2) is 0 Å². The third kappa shape index (κ3) is 1.48. The molecule has 2 rings (SSSR count). The molecule has 1 aliphatic rings. The molecular formula is C10H12O2S. The summed E-state index contributed by atoms with van der Waals surface area (Å²) >= 11 is 1.60. The fraction of sp³-hybridized carbons (Fsp3) is 0.500. The van der Waals surface area contributed by atoms with Crippen molar-refractivity contribution in [3.8, 4) is 0 Å². The Balaban J connectivity index is 2.39. The summed E-state index contributed by atoms with van der Waals surface area (Å²) in [5, 5.41) is 10.7. The van der Waals surface area contributed by atoms with Crippen LogP contribution in [0.25, 0.3) is 0 Å². The van der Waals surface area contributed by atoms with Gasteiger partial charge in [0.25, 0.3) is 0 Å². The predicted molar refractivity (Wildman–Crippen MR) is 52.5 cm³/mol. The lowest BCUT2D eigenvalue weighted by Crippen LogP contribution is -2.11. The van der Waals surface area contributed by atoms with E-state index in [-0.39, 0.29) is 0 Å². The number of thiophene rings is 1. The molecule has 2 nitrogen and oxygen atoms in total. The number of hydrogen-bond donors (Lipinski definition) is 1. The topological polar surface area (TPSA) is 37.3 Å². The minimum atomic E-state index is -0.771. The lowest BCUT2D eigenvalue weighted by Gasteiger charge is -2.18. The second-order valence-corrected chi connectivity index (χ2v) is 4.67. The van der Waals surface area contributed by atoms with Crippen molar-refractivity contribution in [3.63, 3.8) is 0 Å². The second kappa shape index (κ2) is 3.14. The number of carbonyl (C=O) groups is 1. The maximum atomic E-state index is 10.8. The minimum absolute atomic E-state index is 0.534. The van der Waals surface area contributed by atoms with Crippen molar-refractivity contribution in [2.45, 2.75) is 26.2 Å². The summed E-state index contributed by atoms with van der Waals surface area (Å²) in [6.07, 6.45) is 3.14. The molecule has 1 heterocycles. The van der Waals surface area contributed by atoms with Gasteiger partial charge in [-0.3, -0.25) is 0 Å². The fourth-order valence-electron chi connectivity index (χ4n) is 1.86. The molecule has 0 amide bonds. The highest BCUT2D eigenvalue weighted by Crippen LogP contribution is 2.32. The van der Waals surface area contributed by atoms with Gasteiger partial charge in [-0.2, -0.15) is 0 Å². The van der Waals surface area contributed by atoms with E-state index in [9.17, 15) is 4.79 Å². The molecule has 0 unspecified atom stereocenters. The van der Waals surface area contributed by atoms with E-state index < -0.39 is 5.97 Å². The van der Waals surface area contributed by atoms with E-state index in [2.05, 4.69) is 6.92 Å². The number of carboxylic acids is 1. The van der Waals surface area contributed by atoms with Gasteiger partial charge in [0.05, 0.1) is 5.56 Å². The van der Waals surface area contributed by atoms with E-state index in [0.29, 0.717) is 11.5 Å². The largest absolute Gasteiger partial charge is 0.478 e. The average molecular weight is 196 g/mol. The summed E-state index contributed by atoms with van der Waals surface area (Å²) < 4.78 is 0. The summed E-state index contributed by atoms with van der Waals surface area (Å²) in [6.45, 7) is 2.23. The van der Waals surface area contributed by atoms with Crippen molar-refractivity contribution < 1.29 is 9.90 Å². The molecule has 0 spiro atoms. The Morgan fingerprint density at radius 3 is 3.15 bits per heavy atom. The Kier molecular flexibility index (Phi) is 2.12. The molecule has 13 heavy (non-hydrogen) atoms. The Labute approximate surface area is 81.2 Å². The van der Waals surface area contributed by atoms with Crippen molar-refractivity contribution in [1.82, 2.24) is 0 Å². The van der Waals surface area contributed by atoms with E-state index >= 15 is 0 Å². The Morgan fingerprint density at radius 2 is 2.46 bits per heavy atom. The van der Waals surface area contributed by atoms with Gasteiger partial charge in [-0.05, 0) is 30.7 Å². The van der Waals surface area contributed by atoms with E-state index in [4.69, 9.17) is 5.11 Å². The summed E-state index contributed by atoms with van der Waals surface area (Å²) in [5.41, 5.74) is 1.63. The van der Waals surface area contributed by atoms with Crippen LogP contribution in [0.3, 0.4) is 0 Å². The highest BCUT2D eigenvalue weighted by molar-refractivity contribution is 7.10. The van der Waals surface area contributed by atoms with Gasteiger partial charge < -0.3 is 5.11 Å². The monoisotopic (exact) mass is 196 g/mol. The van der Waals surface area contributed by atoms with E-state index in [0.717, 1.165) is 24.8 Å². The van der Waals surface area contributed by atoms with Crippen molar-refractivity contribution in [2.75, 3.05) is 0 Å². The lowest BCUT2D eigenvalue weighted by atomic mass is 9.89. The van der Waals surface area contributed by atoms with E-state index in [1.165, 1.54) is 4.88 Å². The number of fused-ring (bicyclic) bond motifs is 1. The van der Waals surface area contributed by atoms with Crippen molar-refractivity contribution in [3.05, 3.63) is 21.4 Å². The van der Waals surface area contributed by atoms with Crippen LogP contribution < -0.4 is 0 Å². The normalized spacial score (nSPS) is 21.2. The first-order chi connectivity index (χ1) is 6.18. The highest BCUT2D eigenvalue weighted by atomic mass is 32.1. The van der Waals surface area contributed by atoms with Gasteiger partial charge in [-0.25, -0.2) is 4.79 Å². The van der Waals surface area contributed by atoms with Crippen molar-refractivity contribution in [2.24, 2.45) is 5.92 Å². The first-order valence-corrected chi connectivity index (χ1v) is 5.39. The molecule has 0 radical (unpaired) electrons. The molecule has 0 saturated carbocycles. The smallest absolute Gasteiger partial charge is 0.336 e. The number of rotatable bonds is 1. The number of hydrogen-bond acceptors (Lipinski definition) is 2. The minimum Gasteiger partial charge on any atom is -0.478 e. The average Bonchev–Trinajstić information content (AvgIpc) is 2.46. The SMILES string of the molecule is C[C@H]1CCc2c(C(=O)O)csc2C1. The zero-order valence-electron chi connectivity index (χ0n) is 7.54. The maximum absolute atomic E-state index is 10.8. The maximum Gasteiger partial charge on any atom is 0.336 e. The molecule has 70 valence electrons. The summed E-state index contributed by atoms with van der Waals surface area (Å²) in [5.74, 6) is -0.0557. The van der Waals surface area contributed by atoms with Crippen molar-refractivity contribution in [1.29, 1.82) is 0 Å². The fourth-order valence-corrected chi connectivity index (χ4v) is 3.09. The molecular weight excluding hydrogens is 184 g/mol. The standard InChI is InChI=1S/C10H12O2S/c1-6-2-3-7-8(10(11)12)5-13-9(7)4-6/h5-6H,2-4H2,1H3,(H,11,12)/t6-/m0/s1. The summed E-state index contributed by atoms with van der Waals surface area (Å²) in [6, 6.07) is 0. The van der Waals surface area contributed by atoms with Gasteiger partial charge in [0.1, 0.15) is 0 Å². The van der Waals surface area contributed by atoms with Crippen LogP contribution in [0.5, 0.6) is 0 Å². The zero-order valence-corrected chi connectivity index (χ0v) is 8.36. The van der Waals surface area contributed by atoms with Crippen LogP contribution in [0.1, 0.15) is 34.1 Å². The van der Waals surface area contributed by atoms with Crippen LogP contribution in [-0.4, -0.2) is 11.1 Å². The van der Waals surface area contributed by atoms with Crippen LogP contribution in [0, 0.1) is 5.92 Å². The van der Waals surface area contributed by atoms with Crippen LogP contribution in [-0.2, 0) is 12.8 Å². The first kappa shape index (κ1) is 8.75. The molecule has 1 aliphatic carbocycles. The van der Waals surface area contributed by atoms with E-state index in [1.807, 2.05) is 0 Å². The molecule has 0 bridgehead atoms. The molecule has 1 aromatic rings. The third-order valence-corrected chi connectivity index (χ3v) is 3.68. The van der Waals surface area contributed by atoms with Gasteiger partial charge in [-0.15, -0.1) is 11.3 Å². The van der Waals surface area contributed by atoms with Crippen LogP contribution in [0.15, 0.2) is 5.38 Å². The van der Waals surface area contributed by atoms with Crippen LogP contribution in [0.4, 0.5) is 0 Å². The zero-order chi connectivity index (χ0) is 9.42. The molecule has 1 atom stereocenters. The summed E-state index contributed by atoms with van der Waals surface area (Å²) in [7, 11) is 0. The van der Waals surface area contributed by atoms with Crippen LogP contribution in [0.2, 0.25) is 0 Å². The van der Waals surface area contributed by atoms with Gasteiger partial charge in [-0.1, -0.05) is 6.92 Å². The van der Waals surface area contributed by atoms with Gasteiger partial charge >= 0.3 is 5.97 Å². The second-order valence-electron chi connectivity index (χ2n) is 3.70. The molecule has 3 heteroatoms. The Hall–Kier alpha value is -0.830. The predicted octanol–water partition coefficient (Wildman–Crippen LogP) is 2.57. The van der Waals surface area contributed by atoms with Crippen LogP contribution >= 0.6 is 11.3 Å². The summed E-state index contributed by atoms with van der Waals surface area (Å²) in [4.78, 5) is 12.1. The molecule has 0 fully saturated rings. The lowest BCUT2D eigenvalue weighted by molar-refractivity contribution is 0.0696. The molecule has 1 N–H and O–H groups in total. The van der Waals surface area contributed by atoms with Gasteiger partial charge in [0.2, 0.25) is 0 Å². The molecule has 0 aliphatic heterocycles. The number of carboxylic acid groups (broad SMARTS) is 1. The molecule has 0 aromatic carbocycles. The van der Waals surface area contributed by atoms with Gasteiger partial charge in [0, 0.05) is 10.3 Å². The third-order valence-electron chi connectivity index (χ3n) is 2.63. The number of aromatic carboxylic acids is 1. The molecule has 0 saturated heterocycles. The first-order valence-electron chi connectivity index (χ1n) is 4.51. The van der Waals surface area contributed by atoms with Crippen molar-refractivity contribution >= 4 is 17.3 Å². The van der Waals surface area contributed by atoms with E-state index in [1.54, 1.807) is 16.7 Å².